The lowest BCUT2D eigenvalue weighted by molar-refractivity contribution is 0.540. The molecule has 0 saturated heterocycles. The number of rotatable bonds is 3. The maximum Gasteiger partial charge on any atom is 0.129 e. The fourth-order valence-corrected chi connectivity index (χ4v) is 2.30. The van der Waals surface area contributed by atoms with Crippen LogP contribution in [-0.4, -0.2) is 9.61 Å². The molecule has 3 aromatic rings. The van der Waals surface area contributed by atoms with E-state index in [-0.39, 0.29) is 12.0 Å². The molecule has 0 aliphatic rings. The molecule has 3 rings (SSSR count). The van der Waals surface area contributed by atoms with E-state index in [0.29, 0.717) is 0 Å². The predicted octanol–water partition coefficient (Wildman–Crippen LogP) is 2.86. The lowest BCUT2D eigenvalue weighted by atomic mass is 10.00. The molecule has 0 aliphatic carbocycles. The summed E-state index contributed by atoms with van der Waals surface area (Å²) in [7, 11) is 0. The second-order valence-corrected chi connectivity index (χ2v) is 4.64. The minimum absolute atomic E-state index is 0.00952. The van der Waals surface area contributed by atoms with Crippen molar-refractivity contribution in [1.82, 2.24) is 9.61 Å². The summed E-state index contributed by atoms with van der Waals surface area (Å²) in [6.45, 7) is 0. The predicted molar refractivity (Wildman–Crippen MR) is 72.2 cm³/mol. The zero-order chi connectivity index (χ0) is 14.1. The molecule has 2 N–H and O–H groups in total. The van der Waals surface area contributed by atoms with Gasteiger partial charge in [0.1, 0.15) is 11.6 Å². The Labute approximate surface area is 114 Å². The van der Waals surface area contributed by atoms with E-state index in [1.165, 1.54) is 18.2 Å². The maximum atomic E-state index is 13.6. The first-order valence-electron chi connectivity index (χ1n) is 6.27. The van der Waals surface area contributed by atoms with Crippen molar-refractivity contribution in [3.63, 3.8) is 0 Å². The number of halogens is 2. The van der Waals surface area contributed by atoms with Crippen LogP contribution >= 0.6 is 0 Å². The highest BCUT2D eigenvalue weighted by Gasteiger charge is 2.17. The third-order valence-corrected chi connectivity index (χ3v) is 3.34. The van der Waals surface area contributed by atoms with Gasteiger partial charge in [0.05, 0.1) is 11.7 Å². The van der Waals surface area contributed by atoms with E-state index in [2.05, 4.69) is 5.10 Å². The fraction of sp³-hybridized carbons (Fsp3) is 0.133. The van der Waals surface area contributed by atoms with Crippen LogP contribution < -0.4 is 5.73 Å². The van der Waals surface area contributed by atoms with E-state index in [1.54, 1.807) is 16.9 Å². The van der Waals surface area contributed by atoms with Crippen LogP contribution in [0.5, 0.6) is 0 Å². The van der Waals surface area contributed by atoms with Crippen molar-refractivity contribution in [3.05, 3.63) is 71.6 Å². The van der Waals surface area contributed by atoms with Crippen molar-refractivity contribution in [2.45, 2.75) is 12.5 Å². The van der Waals surface area contributed by atoms with E-state index in [4.69, 9.17) is 5.73 Å². The van der Waals surface area contributed by atoms with Crippen molar-refractivity contribution in [3.8, 4) is 0 Å². The second-order valence-electron chi connectivity index (χ2n) is 4.64. The molecule has 1 unspecified atom stereocenters. The highest BCUT2D eigenvalue weighted by atomic mass is 19.1. The lowest BCUT2D eigenvalue weighted by Crippen LogP contribution is -2.15. The van der Waals surface area contributed by atoms with Crippen LogP contribution in [0.1, 0.15) is 17.2 Å². The third kappa shape index (κ3) is 2.16. The van der Waals surface area contributed by atoms with Gasteiger partial charge < -0.3 is 5.73 Å². The first-order valence-corrected chi connectivity index (χ1v) is 6.27. The van der Waals surface area contributed by atoms with E-state index >= 15 is 0 Å². The number of fused-ring (bicyclic) bond motifs is 1. The average Bonchev–Trinajstić information content (AvgIpc) is 2.87. The van der Waals surface area contributed by atoms with Crippen LogP contribution in [0.4, 0.5) is 8.78 Å². The average molecular weight is 273 g/mol. The Bertz CT molecular complexity index is 731. The highest BCUT2D eigenvalue weighted by molar-refractivity contribution is 5.55. The molecule has 102 valence electrons. The summed E-state index contributed by atoms with van der Waals surface area (Å²) in [6.07, 6.45) is 3.53. The molecule has 20 heavy (non-hydrogen) atoms. The molecule has 0 saturated carbocycles. The Morgan fingerprint density at radius 2 is 1.85 bits per heavy atom. The number of aromatic nitrogens is 2. The summed E-state index contributed by atoms with van der Waals surface area (Å²) >= 11 is 0. The van der Waals surface area contributed by atoms with Gasteiger partial charge in [-0.3, -0.25) is 0 Å². The quantitative estimate of drug-likeness (QED) is 0.797. The van der Waals surface area contributed by atoms with Crippen LogP contribution in [0.25, 0.3) is 5.52 Å². The molecule has 0 bridgehead atoms. The molecule has 1 atom stereocenters. The topological polar surface area (TPSA) is 43.3 Å². The Morgan fingerprint density at radius 1 is 1.10 bits per heavy atom. The van der Waals surface area contributed by atoms with Gasteiger partial charge in [-0.2, -0.15) is 5.10 Å². The van der Waals surface area contributed by atoms with Crippen molar-refractivity contribution in [2.24, 2.45) is 5.73 Å². The molecule has 0 spiro atoms. The molecule has 0 fully saturated rings. The summed E-state index contributed by atoms with van der Waals surface area (Å²) in [5, 5.41) is 4.18. The van der Waals surface area contributed by atoms with Crippen molar-refractivity contribution >= 4 is 5.52 Å². The molecule has 1 aromatic carbocycles. The molecular formula is C15H13F2N3. The largest absolute Gasteiger partial charge is 0.324 e. The maximum absolute atomic E-state index is 13.6. The summed E-state index contributed by atoms with van der Waals surface area (Å²) in [6, 6.07) is 8.90. The van der Waals surface area contributed by atoms with Crippen LogP contribution in [0, 0.1) is 11.6 Å². The molecular weight excluding hydrogens is 260 g/mol. The second kappa shape index (κ2) is 5.02. The van der Waals surface area contributed by atoms with Gasteiger partial charge in [-0.25, -0.2) is 13.3 Å². The van der Waals surface area contributed by atoms with Gasteiger partial charge in [-0.1, -0.05) is 12.1 Å². The third-order valence-electron chi connectivity index (χ3n) is 3.34. The van der Waals surface area contributed by atoms with Crippen LogP contribution in [0.2, 0.25) is 0 Å². The molecule has 0 amide bonds. The van der Waals surface area contributed by atoms with Crippen LogP contribution in [0.3, 0.4) is 0 Å². The number of benzene rings is 1. The normalized spacial score (nSPS) is 12.8. The van der Waals surface area contributed by atoms with Crippen molar-refractivity contribution < 1.29 is 8.78 Å². The Balaban J connectivity index is 1.95. The molecule has 0 radical (unpaired) electrons. The number of hydrogen-bond acceptors (Lipinski definition) is 2. The molecule has 5 heteroatoms. The van der Waals surface area contributed by atoms with Crippen molar-refractivity contribution in [1.29, 1.82) is 0 Å². The Kier molecular flexibility index (Phi) is 3.20. The summed E-state index contributed by atoms with van der Waals surface area (Å²) in [5.41, 5.74) is 7.71. The van der Waals surface area contributed by atoms with E-state index < -0.39 is 17.7 Å². The van der Waals surface area contributed by atoms with Gasteiger partial charge in [0.2, 0.25) is 0 Å². The monoisotopic (exact) mass is 273 g/mol. The smallest absolute Gasteiger partial charge is 0.129 e. The van der Waals surface area contributed by atoms with E-state index in [1.807, 2.05) is 18.2 Å². The summed E-state index contributed by atoms with van der Waals surface area (Å²) < 4.78 is 29.0. The fourth-order valence-electron chi connectivity index (χ4n) is 2.30. The first kappa shape index (κ1) is 12.7. The van der Waals surface area contributed by atoms with Gasteiger partial charge in [-0.15, -0.1) is 0 Å². The summed E-state index contributed by atoms with van der Waals surface area (Å²) in [5.74, 6) is -1.14. The SMILES string of the molecule is NC(Cc1c(F)cccc1F)c1cnn2ccccc12. The minimum Gasteiger partial charge on any atom is -0.324 e. The number of hydrogen-bond donors (Lipinski definition) is 1. The Morgan fingerprint density at radius 3 is 2.60 bits per heavy atom. The van der Waals surface area contributed by atoms with Gasteiger partial charge in [-0.05, 0) is 30.7 Å². The van der Waals surface area contributed by atoms with Gasteiger partial charge in [0.25, 0.3) is 0 Å². The van der Waals surface area contributed by atoms with Gasteiger partial charge >= 0.3 is 0 Å². The van der Waals surface area contributed by atoms with E-state index in [0.717, 1.165) is 11.1 Å². The lowest BCUT2D eigenvalue weighted by Gasteiger charge is -2.12. The van der Waals surface area contributed by atoms with E-state index in [9.17, 15) is 8.78 Å². The molecule has 2 heterocycles. The number of nitrogens with two attached hydrogens (primary N) is 1. The van der Waals surface area contributed by atoms with Crippen molar-refractivity contribution in [2.75, 3.05) is 0 Å². The zero-order valence-corrected chi connectivity index (χ0v) is 10.6. The number of pyridine rings is 1. The molecule has 0 aliphatic heterocycles. The minimum atomic E-state index is -0.572. The van der Waals surface area contributed by atoms with Gasteiger partial charge in [0, 0.05) is 23.4 Å². The van der Waals surface area contributed by atoms with Gasteiger partial charge in [0.15, 0.2) is 0 Å². The molecule has 3 nitrogen and oxygen atoms in total. The van der Waals surface area contributed by atoms with Crippen LogP contribution in [0.15, 0.2) is 48.8 Å². The standard InChI is InChI=1S/C15H13F2N3/c16-12-4-3-5-13(17)10(12)8-14(18)11-9-19-20-7-2-1-6-15(11)20/h1-7,9,14H,8,18H2. The zero-order valence-electron chi connectivity index (χ0n) is 10.6. The molecule has 2 aromatic heterocycles. The van der Waals surface area contributed by atoms with Crippen LogP contribution in [-0.2, 0) is 6.42 Å². The Hall–Kier alpha value is -2.27. The summed E-state index contributed by atoms with van der Waals surface area (Å²) in [4.78, 5) is 0. The number of nitrogens with zero attached hydrogens (tertiary/aromatic N) is 2. The first-order chi connectivity index (χ1) is 9.66. The highest BCUT2D eigenvalue weighted by Crippen LogP contribution is 2.23.